The van der Waals surface area contributed by atoms with Crippen molar-refractivity contribution in [2.45, 2.75) is 39.3 Å². The smallest absolute Gasteiger partial charge is 0.315 e. The molecule has 0 aliphatic carbocycles. The van der Waals surface area contributed by atoms with E-state index in [0.717, 1.165) is 16.9 Å². The van der Waals surface area contributed by atoms with Crippen LogP contribution in [-0.2, 0) is 0 Å². The van der Waals surface area contributed by atoms with Gasteiger partial charge in [0.25, 0.3) is 0 Å². The highest BCUT2D eigenvalue weighted by Gasteiger charge is 2.17. The lowest BCUT2D eigenvalue weighted by Crippen LogP contribution is -2.44. The number of halogens is 1. The minimum atomic E-state index is -0.336. The van der Waals surface area contributed by atoms with Crippen molar-refractivity contribution < 1.29 is 14.3 Å². The molecule has 6 nitrogen and oxygen atoms in total. The van der Waals surface area contributed by atoms with Crippen LogP contribution in [-0.4, -0.2) is 33.6 Å². The second-order valence-electron chi connectivity index (χ2n) is 5.70. The van der Waals surface area contributed by atoms with Crippen LogP contribution in [0.15, 0.2) is 30.5 Å². The minimum absolute atomic E-state index is 0.0974. The number of benzene rings is 1. The number of carbonyl (C=O) groups is 1. The molecule has 0 spiro atoms. The van der Waals surface area contributed by atoms with Crippen molar-refractivity contribution in [2.24, 2.45) is 0 Å². The Morgan fingerprint density at radius 1 is 1.33 bits per heavy atom. The Balaban J connectivity index is 2.09. The molecule has 1 aromatic carbocycles. The number of hydrogen-bond acceptors (Lipinski definition) is 3. The molecule has 2 atom stereocenters. The van der Waals surface area contributed by atoms with E-state index in [2.05, 4.69) is 15.7 Å². The van der Waals surface area contributed by atoms with Crippen molar-refractivity contribution in [1.29, 1.82) is 0 Å². The fourth-order valence-corrected chi connectivity index (χ4v) is 2.47. The van der Waals surface area contributed by atoms with Crippen LogP contribution in [0.25, 0.3) is 5.69 Å². The Bertz CT molecular complexity index is 680. The summed E-state index contributed by atoms with van der Waals surface area (Å²) in [5.41, 5.74) is 2.48. The SMILES string of the molecule is CCC(CO)NC(=O)NC(C)c1cnn(-c2ccc(F)cc2)c1C. The fourth-order valence-electron chi connectivity index (χ4n) is 2.47. The van der Waals surface area contributed by atoms with Crippen molar-refractivity contribution in [3.05, 3.63) is 47.5 Å². The molecule has 0 saturated heterocycles. The minimum Gasteiger partial charge on any atom is -0.394 e. The maximum atomic E-state index is 13.0. The van der Waals surface area contributed by atoms with Gasteiger partial charge in [-0.2, -0.15) is 5.10 Å². The second-order valence-corrected chi connectivity index (χ2v) is 5.70. The highest BCUT2D eigenvalue weighted by atomic mass is 19.1. The van der Waals surface area contributed by atoms with E-state index in [9.17, 15) is 9.18 Å². The van der Waals surface area contributed by atoms with Gasteiger partial charge in [0.05, 0.1) is 30.6 Å². The van der Waals surface area contributed by atoms with Crippen molar-refractivity contribution in [2.75, 3.05) is 6.61 Å². The van der Waals surface area contributed by atoms with Crippen molar-refractivity contribution in [3.63, 3.8) is 0 Å². The molecular formula is C17H23FN4O2. The van der Waals surface area contributed by atoms with Crippen molar-refractivity contribution >= 4 is 6.03 Å². The molecule has 2 aromatic rings. The third-order valence-electron chi connectivity index (χ3n) is 3.98. The van der Waals surface area contributed by atoms with E-state index in [1.165, 1.54) is 12.1 Å². The molecule has 0 saturated carbocycles. The number of aliphatic hydroxyl groups excluding tert-OH is 1. The van der Waals surface area contributed by atoms with E-state index in [1.54, 1.807) is 23.0 Å². The van der Waals surface area contributed by atoms with Gasteiger partial charge < -0.3 is 15.7 Å². The molecule has 2 rings (SSSR count). The summed E-state index contributed by atoms with van der Waals surface area (Å²) in [6.07, 6.45) is 2.34. The summed E-state index contributed by atoms with van der Waals surface area (Å²) < 4.78 is 14.7. The number of nitrogens with one attached hydrogen (secondary N) is 2. The van der Waals surface area contributed by atoms with E-state index in [0.29, 0.717) is 6.42 Å². The zero-order valence-corrected chi connectivity index (χ0v) is 14.1. The first-order valence-electron chi connectivity index (χ1n) is 7.94. The Labute approximate surface area is 140 Å². The summed E-state index contributed by atoms with van der Waals surface area (Å²) in [7, 11) is 0. The molecule has 0 aliphatic rings. The van der Waals surface area contributed by atoms with Gasteiger partial charge in [0.15, 0.2) is 0 Å². The highest BCUT2D eigenvalue weighted by Crippen LogP contribution is 2.20. The third-order valence-corrected chi connectivity index (χ3v) is 3.98. The average molecular weight is 334 g/mol. The van der Waals surface area contributed by atoms with Crippen LogP contribution in [0.4, 0.5) is 9.18 Å². The molecule has 3 N–H and O–H groups in total. The van der Waals surface area contributed by atoms with Gasteiger partial charge >= 0.3 is 6.03 Å². The number of carbonyl (C=O) groups excluding carboxylic acids is 1. The first-order valence-corrected chi connectivity index (χ1v) is 7.94. The molecule has 0 bridgehead atoms. The Morgan fingerprint density at radius 3 is 2.58 bits per heavy atom. The Morgan fingerprint density at radius 2 is 2.00 bits per heavy atom. The van der Waals surface area contributed by atoms with E-state index in [-0.39, 0.29) is 30.5 Å². The fraction of sp³-hybridized carbons (Fsp3) is 0.412. The van der Waals surface area contributed by atoms with Gasteiger partial charge in [-0.05, 0) is 44.5 Å². The van der Waals surface area contributed by atoms with Gasteiger partial charge in [-0.25, -0.2) is 13.9 Å². The molecule has 24 heavy (non-hydrogen) atoms. The quantitative estimate of drug-likeness (QED) is 0.759. The predicted molar refractivity (Wildman–Crippen MR) is 89.5 cm³/mol. The normalized spacial score (nSPS) is 13.4. The van der Waals surface area contributed by atoms with Crippen LogP contribution in [0, 0.1) is 12.7 Å². The first-order chi connectivity index (χ1) is 11.5. The molecule has 130 valence electrons. The summed E-state index contributed by atoms with van der Waals surface area (Å²) in [5, 5.41) is 19.0. The van der Waals surface area contributed by atoms with Crippen molar-refractivity contribution in [1.82, 2.24) is 20.4 Å². The van der Waals surface area contributed by atoms with E-state index >= 15 is 0 Å². The summed E-state index contributed by atoms with van der Waals surface area (Å²) in [6, 6.07) is 5.21. The Hall–Kier alpha value is -2.41. The summed E-state index contributed by atoms with van der Waals surface area (Å²) >= 11 is 0. The van der Waals surface area contributed by atoms with E-state index in [1.807, 2.05) is 20.8 Å². The number of aromatic nitrogens is 2. The number of aliphatic hydroxyl groups is 1. The average Bonchev–Trinajstić information content (AvgIpc) is 2.95. The molecule has 1 aromatic heterocycles. The predicted octanol–water partition coefficient (Wildman–Crippen LogP) is 2.45. The van der Waals surface area contributed by atoms with Gasteiger partial charge in [0.1, 0.15) is 5.82 Å². The van der Waals surface area contributed by atoms with Crippen LogP contribution in [0.3, 0.4) is 0 Å². The van der Waals surface area contributed by atoms with Gasteiger partial charge in [-0.1, -0.05) is 6.92 Å². The van der Waals surface area contributed by atoms with Gasteiger partial charge in [0, 0.05) is 11.3 Å². The maximum Gasteiger partial charge on any atom is 0.315 e. The maximum absolute atomic E-state index is 13.0. The topological polar surface area (TPSA) is 79.2 Å². The highest BCUT2D eigenvalue weighted by molar-refractivity contribution is 5.74. The van der Waals surface area contributed by atoms with Crippen molar-refractivity contribution in [3.8, 4) is 5.69 Å². The summed E-state index contributed by atoms with van der Waals surface area (Å²) in [5.74, 6) is -0.301. The number of amides is 2. The van der Waals surface area contributed by atoms with E-state index in [4.69, 9.17) is 5.11 Å². The lowest BCUT2D eigenvalue weighted by molar-refractivity contribution is 0.212. The third kappa shape index (κ3) is 4.11. The first kappa shape index (κ1) is 17.9. The van der Waals surface area contributed by atoms with Gasteiger partial charge in [0.2, 0.25) is 0 Å². The lowest BCUT2D eigenvalue weighted by atomic mass is 10.1. The van der Waals surface area contributed by atoms with Crippen LogP contribution in [0.1, 0.15) is 37.6 Å². The molecule has 0 radical (unpaired) electrons. The van der Waals surface area contributed by atoms with Crippen LogP contribution < -0.4 is 10.6 Å². The monoisotopic (exact) mass is 334 g/mol. The van der Waals surface area contributed by atoms with Crippen LogP contribution in [0.2, 0.25) is 0 Å². The van der Waals surface area contributed by atoms with E-state index < -0.39 is 0 Å². The zero-order chi connectivity index (χ0) is 17.7. The molecular weight excluding hydrogens is 311 g/mol. The second kappa shape index (κ2) is 7.92. The lowest BCUT2D eigenvalue weighted by Gasteiger charge is -2.18. The van der Waals surface area contributed by atoms with Crippen LogP contribution in [0.5, 0.6) is 0 Å². The number of urea groups is 1. The Kier molecular flexibility index (Phi) is 5.92. The summed E-state index contributed by atoms with van der Waals surface area (Å²) in [4.78, 5) is 12.0. The largest absolute Gasteiger partial charge is 0.394 e. The van der Waals surface area contributed by atoms with Crippen LogP contribution >= 0.6 is 0 Å². The molecule has 2 unspecified atom stereocenters. The standard InChI is InChI=1S/C17H23FN4O2/c1-4-14(10-23)21-17(24)20-11(2)16-9-19-22(12(16)3)15-7-5-13(18)6-8-15/h5-9,11,14,23H,4,10H2,1-3H3,(H2,20,21,24). The molecule has 0 aliphatic heterocycles. The molecule has 2 amide bonds. The number of nitrogens with zero attached hydrogens (tertiary/aromatic N) is 2. The molecule has 0 fully saturated rings. The number of hydrogen-bond donors (Lipinski definition) is 3. The number of rotatable bonds is 6. The molecule has 1 heterocycles. The van der Waals surface area contributed by atoms with Gasteiger partial charge in [-0.3, -0.25) is 0 Å². The zero-order valence-electron chi connectivity index (χ0n) is 14.1. The molecule has 7 heteroatoms. The summed E-state index contributed by atoms with van der Waals surface area (Å²) in [6.45, 7) is 5.55. The van der Waals surface area contributed by atoms with Gasteiger partial charge in [-0.15, -0.1) is 0 Å².